The van der Waals surface area contributed by atoms with Gasteiger partial charge in [-0.25, -0.2) is 13.6 Å². The second-order valence-electron chi connectivity index (χ2n) is 4.47. The lowest BCUT2D eigenvalue weighted by atomic mass is 10.2. The molecule has 0 radical (unpaired) electrons. The molecule has 0 aliphatic heterocycles. The maximum atomic E-state index is 12.3. The number of likely N-dealkylation sites (N-methyl/N-ethyl adjacent to an activating group) is 1. The number of carbonyl (C=O) groups is 1. The molecule has 2 N–H and O–H groups in total. The van der Waals surface area contributed by atoms with Crippen molar-refractivity contribution in [2.24, 2.45) is 5.14 Å². The van der Waals surface area contributed by atoms with Crippen LogP contribution < -0.4 is 5.14 Å². The molecule has 0 aliphatic rings. The van der Waals surface area contributed by atoms with E-state index in [1.807, 2.05) is 13.8 Å². The van der Waals surface area contributed by atoms with Crippen LogP contribution in [0.2, 0.25) is 0 Å². The summed E-state index contributed by atoms with van der Waals surface area (Å²) in [4.78, 5) is 13.7. The Morgan fingerprint density at radius 3 is 2.55 bits per heavy atom. The number of aryl methyl sites for hydroxylation is 1. The highest BCUT2D eigenvalue weighted by Crippen LogP contribution is 2.20. The number of sulfonamides is 1. The third-order valence-corrected chi connectivity index (χ3v) is 3.95. The quantitative estimate of drug-likeness (QED) is 0.834. The van der Waals surface area contributed by atoms with E-state index in [0.717, 1.165) is 6.07 Å². The average Bonchev–Trinajstić information content (AvgIpc) is 2.72. The molecule has 1 aromatic heterocycles. The standard InChI is InChI=1S/C12H20N2O5S/c1-5-14(8(2)7-18-4)12(15)10-6-11(9(3)19-10)20(13,16)17/h6,8H,5,7H2,1-4H3,(H2,13,16,17). The molecule has 1 unspecified atom stereocenters. The highest BCUT2D eigenvalue weighted by atomic mass is 32.2. The molecule has 114 valence electrons. The SMILES string of the molecule is CCN(C(=O)c1cc(S(N)(=O)=O)c(C)o1)C(C)COC. The third-order valence-electron chi connectivity index (χ3n) is 2.93. The van der Waals surface area contributed by atoms with Gasteiger partial charge in [0.05, 0.1) is 12.6 Å². The number of rotatable bonds is 6. The van der Waals surface area contributed by atoms with E-state index in [4.69, 9.17) is 14.3 Å². The molecule has 1 amide bonds. The fourth-order valence-electron chi connectivity index (χ4n) is 1.98. The summed E-state index contributed by atoms with van der Waals surface area (Å²) in [5, 5.41) is 5.05. The first kappa shape index (κ1) is 16.7. The first-order chi connectivity index (χ1) is 9.22. The van der Waals surface area contributed by atoms with E-state index in [1.165, 1.54) is 11.8 Å². The van der Waals surface area contributed by atoms with Crippen molar-refractivity contribution in [1.82, 2.24) is 4.90 Å². The second kappa shape index (κ2) is 6.38. The fraction of sp³-hybridized carbons (Fsp3) is 0.583. The summed E-state index contributed by atoms with van der Waals surface area (Å²) in [5.74, 6) is -0.335. The van der Waals surface area contributed by atoms with Gasteiger partial charge in [0.15, 0.2) is 5.76 Å². The lowest BCUT2D eigenvalue weighted by Gasteiger charge is -2.26. The smallest absolute Gasteiger partial charge is 0.289 e. The van der Waals surface area contributed by atoms with Crippen LogP contribution in [0.5, 0.6) is 0 Å². The van der Waals surface area contributed by atoms with Gasteiger partial charge in [-0.2, -0.15) is 0 Å². The minimum absolute atomic E-state index is 0.0451. The fourth-order valence-corrected chi connectivity index (χ4v) is 2.70. The van der Waals surface area contributed by atoms with Crippen molar-refractivity contribution in [3.63, 3.8) is 0 Å². The zero-order chi connectivity index (χ0) is 15.5. The number of nitrogens with two attached hydrogens (primary N) is 1. The molecule has 0 aromatic carbocycles. The first-order valence-electron chi connectivity index (χ1n) is 6.15. The van der Waals surface area contributed by atoms with Crippen LogP contribution in [0.1, 0.15) is 30.2 Å². The summed E-state index contributed by atoms with van der Waals surface area (Å²) >= 11 is 0. The predicted molar refractivity (Wildman–Crippen MR) is 72.9 cm³/mol. The average molecular weight is 304 g/mol. The van der Waals surface area contributed by atoms with E-state index in [-0.39, 0.29) is 22.5 Å². The van der Waals surface area contributed by atoms with Crippen LogP contribution in [0.4, 0.5) is 0 Å². The van der Waals surface area contributed by atoms with Crippen LogP contribution >= 0.6 is 0 Å². The van der Waals surface area contributed by atoms with Crippen molar-refractivity contribution in [3.8, 4) is 0 Å². The molecule has 1 heterocycles. The van der Waals surface area contributed by atoms with Crippen LogP contribution in [0.25, 0.3) is 0 Å². The Labute approximate surface area is 118 Å². The molecule has 20 heavy (non-hydrogen) atoms. The predicted octanol–water partition coefficient (Wildman–Crippen LogP) is 0.732. The molecule has 1 aromatic rings. The number of primary sulfonamides is 1. The van der Waals surface area contributed by atoms with Crippen molar-refractivity contribution in [2.75, 3.05) is 20.3 Å². The number of nitrogens with zero attached hydrogens (tertiary/aromatic N) is 1. The molecule has 0 saturated heterocycles. The molecule has 0 fully saturated rings. The molecule has 8 heteroatoms. The van der Waals surface area contributed by atoms with Crippen molar-refractivity contribution in [3.05, 3.63) is 17.6 Å². The maximum Gasteiger partial charge on any atom is 0.289 e. The van der Waals surface area contributed by atoms with Gasteiger partial charge in [0.25, 0.3) is 5.91 Å². The van der Waals surface area contributed by atoms with Crippen LogP contribution in [0, 0.1) is 6.92 Å². The minimum Gasteiger partial charge on any atom is -0.455 e. The Hall–Kier alpha value is -1.38. The molecule has 0 spiro atoms. The van der Waals surface area contributed by atoms with Gasteiger partial charge < -0.3 is 14.1 Å². The first-order valence-corrected chi connectivity index (χ1v) is 7.70. The monoisotopic (exact) mass is 304 g/mol. The van der Waals surface area contributed by atoms with Crippen molar-refractivity contribution in [2.45, 2.75) is 31.7 Å². The van der Waals surface area contributed by atoms with Gasteiger partial charge in [-0.3, -0.25) is 4.79 Å². The van der Waals surface area contributed by atoms with E-state index in [2.05, 4.69) is 0 Å². The Morgan fingerprint density at radius 2 is 2.15 bits per heavy atom. The topological polar surface area (TPSA) is 103 Å². The van der Waals surface area contributed by atoms with Crippen LogP contribution in [0.15, 0.2) is 15.4 Å². The lowest BCUT2D eigenvalue weighted by molar-refractivity contribution is 0.0548. The Balaban J connectivity index is 3.08. The van der Waals surface area contributed by atoms with Gasteiger partial charge in [0.1, 0.15) is 10.7 Å². The number of carbonyl (C=O) groups excluding carboxylic acids is 1. The summed E-state index contributed by atoms with van der Waals surface area (Å²) in [6, 6.07) is 1.01. The zero-order valence-corrected chi connectivity index (χ0v) is 12.9. The van der Waals surface area contributed by atoms with Crippen molar-refractivity contribution in [1.29, 1.82) is 0 Å². The summed E-state index contributed by atoms with van der Waals surface area (Å²) in [7, 11) is -2.35. The normalized spacial score (nSPS) is 13.2. The van der Waals surface area contributed by atoms with Gasteiger partial charge in [-0.1, -0.05) is 0 Å². The number of methoxy groups -OCH3 is 1. The summed E-state index contributed by atoms with van der Waals surface area (Å²) in [5.41, 5.74) is 0. The van der Waals surface area contributed by atoms with E-state index < -0.39 is 15.9 Å². The van der Waals surface area contributed by atoms with E-state index >= 15 is 0 Å². The zero-order valence-electron chi connectivity index (χ0n) is 12.0. The number of amides is 1. The Bertz CT molecular complexity index is 579. The van der Waals surface area contributed by atoms with Crippen LogP contribution in [-0.4, -0.2) is 45.5 Å². The molecular formula is C12H20N2O5S. The molecule has 7 nitrogen and oxygen atoms in total. The molecule has 1 atom stereocenters. The molecule has 0 bridgehead atoms. The molecule has 0 saturated carbocycles. The van der Waals surface area contributed by atoms with Crippen LogP contribution in [0.3, 0.4) is 0 Å². The number of furan rings is 1. The third kappa shape index (κ3) is 3.59. The second-order valence-corrected chi connectivity index (χ2v) is 6.00. The van der Waals surface area contributed by atoms with Gasteiger partial charge in [-0.15, -0.1) is 0 Å². The lowest BCUT2D eigenvalue weighted by Crippen LogP contribution is -2.40. The number of ether oxygens (including phenoxy) is 1. The largest absolute Gasteiger partial charge is 0.455 e. The van der Waals surface area contributed by atoms with E-state index in [1.54, 1.807) is 7.11 Å². The van der Waals surface area contributed by atoms with Gasteiger partial charge in [0.2, 0.25) is 10.0 Å². The van der Waals surface area contributed by atoms with Crippen LogP contribution in [-0.2, 0) is 14.8 Å². The summed E-state index contributed by atoms with van der Waals surface area (Å²) in [6.07, 6.45) is 0. The molecule has 1 rings (SSSR count). The summed E-state index contributed by atoms with van der Waals surface area (Å²) in [6.45, 7) is 5.93. The van der Waals surface area contributed by atoms with Gasteiger partial charge in [0, 0.05) is 19.7 Å². The molecule has 0 aliphatic carbocycles. The maximum absolute atomic E-state index is 12.3. The Morgan fingerprint density at radius 1 is 1.55 bits per heavy atom. The number of hydrogen-bond donors (Lipinski definition) is 1. The van der Waals surface area contributed by atoms with Crippen molar-refractivity contribution >= 4 is 15.9 Å². The highest BCUT2D eigenvalue weighted by Gasteiger charge is 2.26. The van der Waals surface area contributed by atoms with E-state index in [9.17, 15) is 13.2 Å². The number of hydrogen-bond acceptors (Lipinski definition) is 5. The van der Waals surface area contributed by atoms with Gasteiger partial charge in [-0.05, 0) is 20.8 Å². The van der Waals surface area contributed by atoms with Gasteiger partial charge >= 0.3 is 0 Å². The van der Waals surface area contributed by atoms with E-state index in [0.29, 0.717) is 13.2 Å². The summed E-state index contributed by atoms with van der Waals surface area (Å²) < 4.78 is 32.9. The Kier molecular flexibility index (Phi) is 5.32. The molecular weight excluding hydrogens is 284 g/mol. The highest BCUT2D eigenvalue weighted by molar-refractivity contribution is 7.89. The van der Waals surface area contributed by atoms with Crippen molar-refractivity contribution < 1.29 is 22.4 Å². The minimum atomic E-state index is -3.90.